The van der Waals surface area contributed by atoms with Gasteiger partial charge in [-0.2, -0.15) is 0 Å². The zero-order chi connectivity index (χ0) is 13.1. The highest BCUT2D eigenvalue weighted by Crippen LogP contribution is 2.18. The molecular formula is C16H16O2. The van der Waals surface area contributed by atoms with E-state index in [0.29, 0.717) is 11.3 Å². The smallest absolute Gasteiger partial charge is 0.343 e. The number of hydrogen-bond donors (Lipinski definition) is 0. The summed E-state index contributed by atoms with van der Waals surface area (Å²) in [4.78, 5) is 12.0. The van der Waals surface area contributed by atoms with Crippen LogP contribution in [0.5, 0.6) is 5.75 Å². The molecule has 0 heterocycles. The van der Waals surface area contributed by atoms with Crippen molar-refractivity contribution < 1.29 is 9.53 Å². The number of aryl methyl sites for hydroxylation is 3. The van der Waals surface area contributed by atoms with E-state index in [0.717, 1.165) is 16.7 Å². The lowest BCUT2D eigenvalue weighted by Gasteiger charge is -2.08. The topological polar surface area (TPSA) is 26.3 Å². The second-order valence-corrected chi connectivity index (χ2v) is 4.53. The molecule has 2 aromatic rings. The van der Waals surface area contributed by atoms with E-state index in [4.69, 9.17) is 4.74 Å². The molecule has 0 amide bonds. The van der Waals surface area contributed by atoms with Crippen LogP contribution >= 0.6 is 0 Å². The Kier molecular flexibility index (Phi) is 3.47. The van der Waals surface area contributed by atoms with Crippen LogP contribution in [0.3, 0.4) is 0 Å². The summed E-state index contributed by atoms with van der Waals surface area (Å²) < 4.78 is 5.40. The summed E-state index contributed by atoms with van der Waals surface area (Å²) in [5.74, 6) is 0.291. The lowest BCUT2D eigenvalue weighted by atomic mass is 10.1. The first-order valence-electron chi connectivity index (χ1n) is 5.92. The Labute approximate surface area is 107 Å². The maximum atomic E-state index is 12.0. The maximum Gasteiger partial charge on any atom is 0.343 e. The van der Waals surface area contributed by atoms with Gasteiger partial charge < -0.3 is 4.74 Å². The minimum Gasteiger partial charge on any atom is -0.423 e. The molecule has 0 saturated carbocycles. The van der Waals surface area contributed by atoms with Gasteiger partial charge in [0.1, 0.15) is 5.75 Å². The second kappa shape index (κ2) is 5.05. The number of ether oxygens (including phenoxy) is 1. The molecule has 0 aliphatic heterocycles. The van der Waals surface area contributed by atoms with Crippen molar-refractivity contribution in [3.05, 3.63) is 64.7 Å². The van der Waals surface area contributed by atoms with Crippen LogP contribution in [-0.4, -0.2) is 5.97 Å². The van der Waals surface area contributed by atoms with Crippen molar-refractivity contribution in [2.24, 2.45) is 0 Å². The monoisotopic (exact) mass is 240 g/mol. The molecule has 2 heteroatoms. The van der Waals surface area contributed by atoms with E-state index in [1.165, 1.54) is 0 Å². The Morgan fingerprint density at radius 3 is 2.17 bits per heavy atom. The highest BCUT2D eigenvalue weighted by atomic mass is 16.5. The van der Waals surface area contributed by atoms with Gasteiger partial charge >= 0.3 is 5.97 Å². The fourth-order valence-corrected chi connectivity index (χ4v) is 1.96. The van der Waals surface area contributed by atoms with Crippen molar-refractivity contribution in [1.29, 1.82) is 0 Å². The van der Waals surface area contributed by atoms with E-state index in [1.807, 2.05) is 57.2 Å². The molecule has 0 fully saturated rings. The lowest BCUT2D eigenvalue weighted by molar-refractivity contribution is 0.0734. The minimum absolute atomic E-state index is 0.307. The van der Waals surface area contributed by atoms with Crippen molar-refractivity contribution in [2.45, 2.75) is 20.8 Å². The van der Waals surface area contributed by atoms with Gasteiger partial charge in [0, 0.05) is 0 Å². The third-order valence-corrected chi connectivity index (χ3v) is 2.77. The molecule has 0 bridgehead atoms. The predicted octanol–water partition coefficient (Wildman–Crippen LogP) is 3.83. The van der Waals surface area contributed by atoms with Crippen LogP contribution in [0.4, 0.5) is 0 Å². The molecule has 2 rings (SSSR count). The minimum atomic E-state index is -0.307. The van der Waals surface area contributed by atoms with Crippen LogP contribution < -0.4 is 4.74 Å². The zero-order valence-electron chi connectivity index (χ0n) is 10.9. The van der Waals surface area contributed by atoms with Crippen molar-refractivity contribution in [1.82, 2.24) is 0 Å². The van der Waals surface area contributed by atoms with Gasteiger partial charge in [-0.15, -0.1) is 0 Å². The quantitative estimate of drug-likeness (QED) is 0.589. The molecule has 0 unspecified atom stereocenters. The second-order valence-electron chi connectivity index (χ2n) is 4.53. The fourth-order valence-electron chi connectivity index (χ4n) is 1.96. The van der Waals surface area contributed by atoms with Crippen LogP contribution in [0.15, 0.2) is 42.5 Å². The van der Waals surface area contributed by atoms with Crippen molar-refractivity contribution in [3.63, 3.8) is 0 Å². The van der Waals surface area contributed by atoms with Crippen LogP contribution in [0.25, 0.3) is 0 Å². The average molecular weight is 240 g/mol. The van der Waals surface area contributed by atoms with Crippen LogP contribution in [-0.2, 0) is 0 Å². The van der Waals surface area contributed by atoms with E-state index in [1.54, 1.807) is 6.07 Å². The van der Waals surface area contributed by atoms with E-state index in [9.17, 15) is 4.79 Å². The number of carbonyl (C=O) groups is 1. The van der Waals surface area contributed by atoms with Gasteiger partial charge in [-0.1, -0.05) is 24.3 Å². The molecule has 18 heavy (non-hydrogen) atoms. The summed E-state index contributed by atoms with van der Waals surface area (Å²) >= 11 is 0. The number of benzene rings is 2. The van der Waals surface area contributed by atoms with Gasteiger partial charge in [0.2, 0.25) is 0 Å². The molecule has 2 nitrogen and oxygen atoms in total. The first-order valence-corrected chi connectivity index (χ1v) is 5.92. The van der Waals surface area contributed by atoms with Crippen LogP contribution in [0.1, 0.15) is 27.0 Å². The molecule has 0 aliphatic rings. The summed E-state index contributed by atoms with van der Waals surface area (Å²) in [6.07, 6.45) is 0. The largest absolute Gasteiger partial charge is 0.423 e. The van der Waals surface area contributed by atoms with E-state index in [2.05, 4.69) is 0 Å². The molecule has 0 N–H and O–H groups in total. The number of carbonyl (C=O) groups excluding carboxylic acids is 1. The molecule has 0 spiro atoms. The molecule has 0 atom stereocenters. The summed E-state index contributed by atoms with van der Waals surface area (Å²) in [6, 6.07) is 13.2. The number of rotatable bonds is 2. The third kappa shape index (κ3) is 2.77. The Balaban J connectivity index is 2.24. The fraction of sp³-hybridized carbons (Fsp3) is 0.188. The highest BCUT2D eigenvalue weighted by Gasteiger charge is 2.11. The lowest BCUT2D eigenvalue weighted by Crippen LogP contribution is -2.10. The summed E-state index contributed by atoms with van der Waals surface area (Å²) in [6.45, 7) is 5.87. The molecule has 0 aliphatic carbocycles. The van der Waals surface area contributed by atoms with Gasteiger partial charge in [0.05, 0.1) is 5.56 Å². The third-order valence-electron chi connectivity index (χ3n) is 2.77. The molecular weight excluding hydrogens is 224 g/mol. The number of esters is 1. The van der Waals surface area contributed by atoms with Gasteiger partial charge in [-0.25, -0.2) is 4.79 Å². The van der Waals surface area contributed by atoms with E-state index < -0.39 is 0 Å². The Bertz CT molecular complexity index is 565. The van der Waals surface area contributed by atoms with Crippen LogP contribution in [0, 0.1) is 20.8 Å². The molecule has 0 aromatic heterocycles. The molecule has 92 valence electrons. The van der Waals surface area contributed by atoms with Gasteiger partial charge in [0.25, 0.3) is 0 Å². The molecule has 0 radical (unpaired) electrons. The van der Waals surface area contributed by atoms with Gasteiger partial charge in [-0.3, -0.25) is 0 Å². The zero-order valence-corrected chi connectivity index (χ0v) is 10.9. The summed E-state index contributed by atoms with van der Waals surface area (Å²) in [5, 5.41) is 0. The Hall–Kier alpha value is -2.09. The van der Waals surface area contributed by atoms with Gasteiger partial charge in [0.15, 0.2) is 0 Å². The predicted molar refractivity (Wildman–Crippen MR) is 72.1 cm³/mol. The average Bonchev–Trinajstić information content (AvgIpc) is 2.27. The molecule has 0 saturated heterocycles. The number of hydrogen-bond acceptors (Lipinski definition) is 2. The van der Waals surface area contributed by atoms with Crippen molar-refractivity contribution >= 4 is 5.97 Å². The maximum absolute atomic E-state index is 12.0. The van der Waals surface area contributed by atoms with Crippen molar-refractivity contribution in [3.8, 4) is 5.75 Å². The molecule has 2 aromatic carbocycles. The van der Waals surface area contributed by atoms with Gasteiger partial charge in [-0.05, 0) is 55.7 Å². The first-order chi connectivity index (χ1) is 8.56. The summed E-state index contributed by atoms with van der Waals surface area (Å²) in [5.41, 5.74) is 3.70. The normalized spacial score (nSPS) is 10.2. The van der Waals surface area contributed by atoms with E-state index >= 15 is 0 Å². The SMILES string of the molecule is Cc1cc(C)cc(OC(=O)c2ccccc2C)c1. The van der Waals surface area contributed by atoms with Crippen LogP contribution in [0.2, 0.25) is 0 Å². The Morgan fingerprint density at radius 1 is 0.944 bits per heavy atom. The first kappa shape index (κ1) is 12.4. The van der Waals surface area contributed by atoms with Crippen molar-refractivity contribution in [2.75, 3.05) is 0 Å². The standard InChI is InChI=1S/C16H16O2/c1-11-8-12(2)10-14(9-11)18-16(17)15-7-5-4-6-13(15)3/h4-10H,1-3H3. The summed E-state index contributed by atoms with van der Waals surface area (Å²) in [7, 11) is 0. The Morgan fingerprint density at radius 2 is 1.56 bits per heavy atom. The highest BCUT2D eigenvalue weighted by molar-refractivity contribution is 5.92. The van der Waals surface area contributed by atoms with E-state index in [-0.39, 0.29) is 5.97 Å².